The maximum atomic E-state index is 12.4. The van der Waals surface area contributed by atoms with Crippen LogP contribution in [0.25, 0.3) is 0 Å². The summed E-state index contributed by atoms with van der Waals surface area (Å²) in [6, 6.07) is 19.8. The maximum absolute atomic E-state index is 12.4. The molecule has 3 aromatic rings. The zero-order valence-electron chi connectivity index (χ0n) is 13.5. The number of para-hydroxylation sites is 4. The van der Waals surface area contributed by atoms with E-state index in [-0.39, 0.29) is 5.91 Å². The lowest BCUT2D eigenvalue weighted by atomic mass is 10.2. The third-order valence-corrected chi connectivity index (χ3v) is 3.85. The van der Waals surface area contributed by atoms with Gasteiger partial charge in [0.15, 0.2) is 17.2 Å². The van der Waals surface area contributed by atoms with Crippen molar-refractivity contribution in [3.8, 4) is 28.7 Å². The fraction of sp³-hybridized carbons (Fsp3) is 0.0500. The van der Waals surface area contributed by atoms with E-state index in [9.17, 15) is 4.79 Å². The summed E-state index contributed by atoms with van der Waals surface area (Å²) in [6.45, 7) is 0. The lowest BCUT2D eigenvalue weighted by Crippen LogP contribution is -2.10. The number of carbonyl (C=O) groups is 1. The average Bonchev–Trinajstić information content (AvgIpc) is 2.77. The van der Waals surface area contributed by atoms with E-state index in [4.69, 9.17) is 14.2 Å². The second-order valence-electron chi connectivity index (χ2n) is 5.46. The molecule has 1 aliphatic rings. The van der Waals surface area contributed by atoms with Crippen LogP contribution in [0.4, 0.5) is 5.69 Å². The Bertz CT molecular complexity index is 952. The molecule has 3 aromatic carbocycles. The van der Waals surface area contributed by atoms with Crippen molar-refractivity contribution in [2.24, 2.45) is 0 Å². The molecule has 0 radical (unpaired) electrons. The standard InChI is InChI=1S/C20H15NO4/c1-23-17-8-4-5-9-18(17)24-13-10-11-14-19(12-13)25-16-7-3-2-6-15(16)21-20(14)22/h2-12H,1H3,(H,21,22). The van der Waals surface area contributed by atoms with Crippen LogP contribution in [0.5, 0.6) is 28.7 Å². The van der Waals surface area contributed by atoms with Gasteiger partial charge in [0, 0.05) is 6.07 Å². The molecule has 1 amide bonds. The molecule has 1 heterocycles. The fourth-order valence-electron chi connectivity index (χ4n) is 2.64. The first-order chi connectivity index (χ1) is 12.2. The van der Waals surface area contributed by atoms with Crippen LogP contribution in [-0.4, -0.2) is 13.0 Å². The third-order valence-electron chi connectivity index (χ3n) is 3.85. The fourth-order valence-corrected chi connectivity index (χ4v) is 2.64. The normalized spacial score (nSPS) is 12.1. The summed E-state index contributed by atoms with van der Waals surface area (Å²) in [5.74, 6) is 2.57. The first-order valence-electron chi connectivity index (χ1n) is 7.78. The number of methoxy groups -OCH3 is 1. The van der Waals surface area contributed by atoms with Crippen LogP contribution < -0.4 is 19.5 Å². The van der Waals surface area contributed by atoms with Gasteiger partial charge in [-0.3, -0.25) is 4.79 Å². The van der Waals surface area contributed by atoms with Crippen molar-refractivity contribution in [3.63, 3.8) is 0 Å². The molecule has 0 unspecified atom stereocenters. The summed E-state index contributed by atoms with van der Waals surface area (Å²) in [6.07, 6.45) is 0. The quantitative estimate of drug-likeness (QED) is 0.745. The van der Waals surface area contributed by atoms with Gasteiger partial charge in [-0.25, -0.2) is 0 Å². The average molecular weight is 333 g/mol. The second kappa shape index (κ2) is 6.20. The van der Waals surface area contributed by atoms with Crippen molar-refractivity contribution in [1.29, 1.82) is 0 Å². The summed E-state index contributed by atoms with van der Waals surface area (Å²) in [5, 5.41) is 2.84. The van der Waals surface area contributed by atoms with Gasteiger partial charge >= 0.3 is 0 Å². The molecule has 124 valence electrons. The number of fused-ring (bicyclic) bond motifs is 2. The SMILES string of the molecule is COc1ccccc1Oc1ccc2c(c1)Oc1ccccc1NC2=O. The minimum Gasteiger partial charge on any atom is -0.493 e. The highest BCUT2D eigenvalue weighted by Crippen LogP contribution is 2.39. The molecule has 0 spiro atoms. The Hall–Kier alpha value is -3.47. The molecule has 25 heavy (non-hydrogen) atoms. The summed E-state index contributed by atoms with van der Waals surface area (Å²) < 4.78 is 17.1. The molecule has 0 atom stereocenters. The zero-order valence-corrected chi connectivity index (χ0v) is 13.5. The van der Waals surface area contributed by atoms with Gasteiger partial charge in [0.05, 0.1) is 18.4 Å². The van der Waals surface area contributed by atoms with Crippen LogP contribution in [0.2, 0.25) is 0 Å². The third kappa shape index (κ3) is 2.87. The molecule has 0 aromatic heterocycles. The Labute approximate surface area is 144 Å². The number of ether oxygens (including phenoxy) is 3. The number of amides is 1. The minimum absolute atomic E-state index is 0.219. The molecule has 0 saturated carbocycles. The van der Waals surface area contributed by atoms with Gasteiger partial charge in [-0.1, -0.05) is 24.3 Å². The van der Waals surface area contributed by atoms with Crippen molar-refractivity contribution in [1.82, 2.24) is 0 Å². The predicted octanol–water partition coefficient (Wildman–Crippen LogP) is 4.85. The van der Waals surface area contributed by atoms with E-state index < -0.39 is 0 Å². The second-order valence-corrected chi connectivity index (χ2v) is 5.46. The van der Waals surface area contributed by atoms with Gasteiger partial charge in [-0.15, -0.1) is 0 Å². The highest BCUT2D eigenvalue weighted by Gasteiger charge is 2.21. The smallest absolute Gasteiger partial charge is 0.259 e. The van der Waals surface area contributed by atoms with Crippen LogP contribution in [0.1, 0.15) is 10.4 Å². The lowest BCUT2D eigenvalue weighted by Gasteiger charge is -2.12. The molecule has 5 heteroatoms. The summed E-state index contributed by atoms with van der Waals surface area (Å²) >= 11 is 0. The molecular formula is C20H15NO4. The molecule has 1 N–H and O–H groups in total. The molecule has 0 aliphatic carbocycles. The summed E-state index contributed by atoms with van der Waals surface area (Å²) in [5.41, 5.74) is 1.08. The maximum Gasteiger partial charge on any atom is 0.259 e. The van der Waals surface area contributed by atoms with E-state index in [0.717, 1.165) is 0 Å². The van der Waals surface area contributed by atoms with E-state index in [0.29, 0.717) is 40.0 Å². The molecule has 0 saturated heterocycles. The zero-order chi connectivity index (χ0) is 17.2. The monoisotopic (exact) mass is 333 g/mol. The highest BCUT2D eigenvalue weighted by atomic mass is 16.5. The Morgan fingerprint density at radius 2 is 1.64 bits per heavy atom. The molecule has 0 fully saturated rings. The largest absolute Gasteiger partial charge is 0.493 e. The van der Waals surface area contributed by atoms with E-state index in [1.807, 2.05) is 36.4 Å². The van der Waals surface area contributed by atoms with E-state index in [2.05, 4.69) is 5.32 Å². The number of hydrogen-bond acceptors (Lipinski definition) is 4. The van der Waals surface area contributed by atoms with Crippen molar-refractivity contribution in [2.45, 2.75) is 0 Å². The Morgan fingerprint density at radius 1 is 0.880 bits per heavy atom. The number of hydrogen-bond donors (Lipinski definition) is 1. The minimum atomic E-state index is -0.219. The Morgan fingerprint density at radius 3 is 2.48 bits per heavy atom. The molecular weight excluding hydrogens is 318 g/mol. The van der Waals surface area contributed by atoms with Gasteiger partial charge in [-0.05, 0) is 36.4 Å². The summed E-state index contributed by atoms with van der Waals surface area (Å²) in [4.78, 5) is 12.4. The van der Waals surface area contributed by atoms with E-state index in [1.54, 1.807) is 37.4 Å². The van der Waals surface area contributed by atoms with Gasteiger partial charge in [-0.2, -0.15) is 0 Å². The van der Waals surface area contributed by atoms with Gasteiger partial charge in [0.1, 0.15) is 11.5 Å². The van der Waals surface area contributed by atoms with Gasteiger partial charge in [0.2, 0.25) is 0 Å². The molecule has 0 bridgehead atoms. The molecule has 1 aliphatic heterocycles. The first kappa shape index (κ1) is 15.1. The topological polar surface area (TPSA) is 56.8 Å². The first-order valence-corrected chi connectivity index (χ1v) is 7.78. The van der Waals surface area contributed by atoms with Crippen LogP contribution in [-0.2, 0) is 0 Å². The Balaban J connectivity index is 1.71. The van der Waals surface area contributed by atoms with Crippen molar-refractivity contribution >= 4 is 11.6 Å². The number of anilines is 1. The number of nitrogens with one attached hydrogen (secondary N) is 1. The van der Waals surface area contributed by atoms with E-state index >= 15 is 0 Å². The van der Waals surface area contributed by atoms with Crippen molar-refractivity contribution in [3.05, 3.63) is 72.3 Å². The summed E-state index contributed by atoms with van der Waals surface area (Å²) in [7, 11) is 1.59. The van der Waals surface area contributed by atoms with E-state index in [1.165, 1.54) is 0 Å². The molecule has 5 nitrogen and oxygen atoms in total. The number of benzene rings is 3. The van der Waals surface area contributed by atoms with Gasteiger partial charge < -0.3 is 19.5 Å². The molecule has 4 rings (SSSR count). The van der Waals surface area contributed by atoms with Crippen LogP contribution in [0.3, 0.4) is 0 Å². The lowest BCUT2D eigenvalue weighted by molar-refractivity contribution is 0.102. The van der Waals surface area contributed by atoms with Crippen LogP contribution in [0.15, 0.2) is 66.7 Å². The van der Waals surface area contributed by atoms with Crippen LogP contribution >= 0.6 is 0 Å². The Kier molecular flexibility index (Phi) is 3.74. The van der Waals surface area contributed by atoms with Crippen LogP contribution in [0, 0.1) is 0 Å². The number of carbonyl (C=O) groups excluding carboxylic acids is 1. The van der Waals surface area contributed by atoms with Crippen molar-refractivity contribution in [2.75, 3.05) is 12.4 Å². The number of rotatable bonds is 3. The van der Waals surface area contributed by atoms with Crippen molar-refractivity contribution < 1.29 is 19.0 Å². The highest BCUT2D eigenvalue weighted by molar-refractivity contribution is 6.08. The predicted molar refractivity (Wildman–Crippen MR) is 94.0 cm³/mol. The van der Waals surface area contributed by atoms with Gasteiger partial charge in [0.25, 0.3) is 5.91 Å².